The summed E-state index contributed by atoms with van der Waals surface area (Å²) in [6.07, 6.45) is 7.51. The lowest BCUT2D eigenvalue weighted by Gasteiger charge is -2.41. The van der Waals surface area contributed by atoms with Crippen LogP contribution in [0, 0.1) is 5.92 Å². The Morgan fingerprint density at radius 1 is 1.21 bits per heavy atom. The minimum atomic E-state index is -0.916. The topological polar surface area (TPSA) is 108 Å². The number of imide groups is 1. The van der Waals surface area contributed by atoms with E-state index in [0.29, 0.717) is 19.5 Å². The second-order valence-corrected chi connectivity index (χ2v) is 9.18. The van der Waals surface area contributed by atoms with E-state index in [2.05, 4.69) is 44.6 Å². The molecule has 4 amide bonds. The molecule has 3 heterocycles. The van der Waals surface area contributed by atoms with Crippen LogP contribution in [0.25, 0.3) is 11.3 Å². The number of aromatic nitrogens is 2. The van der Waals surface area contributed by atoms with Gasteiger partial charge in [-0.2, -0.15) is 0 Å². The van der Waals surface area contributed by atoms with Gasteiger partial charge >= 0.3 is 6.03 Å². The fourth-order valence-electron chi connectivity index (χ4n) is 5.07. The Labute approximate surface area is 192 Å². The number of hydrogen-bond donors (Lipinski definition) is 2. The number of nitrogens with zero attached hydrogens (tertiary/aromatic N) is 4. The first-order valence-electron chi connectivity index (χ1n) is 11.5. The Hall–Kier alpha value is -3.49. The number of nitrogens with one attached hydrogen (secondary N) is 2. The quantitative estimate of drug-likeness (QED) is 0.654. The number of amides is 4. The van der Waals surface area contributed by atoms with Crippen molar-refractivity contribution in [3.63, 3.8) is 0 Å². The molecule has 2 aliphatic heterocycles. The Kier molecular flexibility index (Phi) is 5.47. The van der Waals surface area contributed by atoms with Gasteiger partial charge in [0.25, 0.3) is 5.91 Å². The first-order chi connectivity index (χ1) is 16.0. The molecule has 172 valence electrons. The maximum atomic E-state index is 13.0. The van der Waals surface area contributed by atoms with Gasteiger partial charge in [0.1, 0.15) is 5.54 Å². The van der Waals surface area contributed by atoms with E-state index in [9.17, 15) is 14.4 Å². The molecule has 3 aliphatic rings. The fraction of sp³-hybridized carbons (Fsp3) is 0.458. The fourth-order valence-corrected chi connectivity index (χ4v) is 5.07. The standard InChI is InChI=1S/C24H28N6O3/c1-16-15-29(21(31)7-8-24(18-5-6-18)22(32)27-23(33)28-24)11-12-30(16)19-4-2-3-17(13-19)20-14-25-9-10-26-20/h2-4,9-10,13-14,16,18H,5-8,11-12,15H2,1H3,(H2,27,28,32,33). The number of urea groups is 1. The van der Waals surface area contributed by atoms with Crippen LogP contribution in [0.4, 0.5) is 10.5 Å². The number of piperazine rings is 1. The van der Waals surface area contributed by atoms with E-state index < -0.39 is 11.6 Å². The number of carbonyl (C=O) groups excluding carboxylic acids is 3. The molecule has 2 aromatic rings. The van der Waals surface area contributed by atoms with Crippen LogP contribution in [-0.2, 0) is 9.59 Å². The number of benzene rings is 1. The molecule has 2 N–H and O–H groups in total. The lowest BCUT2D eigenvalue weighted by Crippen LogP contribution is -2.54. The molecule has 1 aromatic carbocycles. The van der Waals surface area contributed by atoms with Crippen LogP contribution >= 0.6 is 0 Å². The Morgan fingerprint density at radius 2 is 2.06 bits per heavy atom. The molecule has 0 radical (unpaired) electrons. The van der Waals surface area contributed by atoms with Crippen molar-refractivity contribution in [2.24, 2.45) is 5.92 Å². The maximum Gasteiger partial charge on any atom is 0.322 e. The highest BCUT2D eigenvalue weighted by molar-refractivity contribution is 6.07. The molecule has 3 fully saturated rings. The average molecular weight is 449 g/mol. The van der Waals surface area contributed by atoms with Crippen molar-refractivity contribution in [3.8, 4) is 11.3 Å². The van der Waals surface area contributed by atoms with Crippen molar-refractivity contribution in [2.45, 2.75) is 44.2 Å². The monoisotopic (exact) mass is 448 g/mol. The van der Waals surface area contributed by atoms with Gasteiger partial charge in [-0.1, -0.05) is 12.1 Å². The third-order valence-corrected chi connectivity index (χ3v) is 6.99. The van der Waals surface area contributed by atoms with Crippen molar-refractivity contribution in [1.82, 2.24) is 25.5 Å². The van der Waals surface area contributed by atoms with Crippen LogP contribution < -0.4 is 15.5 Å². The highest BCUT2D eigenvalue weighted by Crippen LogP contribution is 2.43. The predicted octanol–water partition coefficient (Wildman–Crippen LogP) is 1.95. The third kappa shape index (κ3) is 4.15. The summed E-state index contributed by atoms with van der Waals surface area (Å²) in [6, 6.07) is 7.91. The van der Waals surface area contributed by atoms with E-state index in [1.54, 1.807) is 18.6 Å². The van der Waals surface area contributed by atoms with E-state index in [1.807, 2.05) is 17.0 Å². The molecule has 2 unspecified atom stereocenters. The molecular formula is C24H28N6O3. The molecule has 9 heteroatoms. The first kappa shape index (κ1) is 21.4. The van der Waals surface area contributed by atoms with Gasteiger partial charge in [-0.05, 0) is 44.2 Å². The van der Waals surface area contributed by atoms with Crippen molar-refractivity contribution in [1.29, 1.82) is 0 Å². The van der Waals surface area contributed by atoms with Gasteiger partial charge < -0.3 is 15.1 Å². The summed E-state index contributed by atoms with van der Waals surface area (Å²) in [7, 11) is 0. The number of carbonyl (C=O) groups is 3. The average Bonchev–Trinajstić information content (AvgIpc) is 3.64. The van der Waals surface area contributed by atoms with E-state index in [-0.39, 0.29) is 30.2 Å². The Morgan fingerprint density at radius 3 is 2.73 bits per heavy atom. The minimum absolute atomic E-state index is 0.0313. The van der Waals surface area contributed by atoms with Crippen molar-refractivity contribution in [2.75, 3.05) is 24.5 Å². The molecule has 1 aromatic heterocycles. The molecular weight excluding hydrogens is 420 g/mol. The van der Waals surface area contributed by atoms with Crippen LogP contribution in [0.1, 0.15) is 32.6 Å². The summed E-state index contributed by atoms with van der Waals surface area (Å²) in [5.74, 6) is -0.123. The molecule has 5 rings (SSSR count). The van der Waals surface area contributed by atoms with Gasteiger partial charge in [-0.3, -0.25) is 24.9 Å². The summed E-state index contributed by atoms with van der Waals surface area (Å²) >= 11 is 0. The third-order valence-electron chi connectivity index (χ3n) is 6.99. The van der Waals surface area contributed by atoms with Crippen LogP contribution in [0.5, 0.6) is 0 Å². The Bertz CT molecular complexity index is 1070. The summed E-state index contributed by atoms with van der Waals surface area (Å²) < 4.78 is 0. The largest absolute Gasteiger partial charge is 0.365 e. The van der Waals surface area contributed by atoms with Gasteiger partial charge in [-0.15, -0.1) is 0 Å². The molecule has 1 saturated carbocycles. The normalized spacial score (nSPS) is 25.1. The van der Waals surface area contributed by atoms with E-state index in [1.165, 1.54) is 0 Å². The lowest BCUT2D eigenvalue weighted by molar-refractivity contribution is -0.133. The molecule has 2 atom stereocenters. The molecule has 1 aliphatic carbocycles. The first-order valence-corrected chi connectivity index (χ1v) is 11.5. The van der Waals surface area contributed by atoms with Gasteiger partial charge in [-0.25, -0.2) is 4.79 Å². The second-order valence-electron chi connectivity index (χ2n) is 9.18. The van der Waals surface area contributed by atoms with Crippen LogP contribution in [-0.4, -0.2) is 63.9 Å². The zero-order valence-corrected chi connectivity index (χ0v) is 18.7. The van der Waals surface area contributed by atoms with Crippen molar-refractivity contribution in [3.05, 3.63) is 42.9 Å². The zero-order chi connectivity index (χ0) is 23.0. The summed E-state index contributed by atoms with van der Waals surface area (Å²) in [5.41, 5.74) is 2.01. The summed E-state index contributed by atoms with van der Waals surface area (Å²) in [5, 5.41) is 5.16. The maximum absolute atomic E-state index is 13.0. The van der Waals surface area contributed by atoms with Crippen LogP contribution in [0.15, 0.2) is 42.9 Å². The molecule has 0 spiro atoms. The summed E-state index contributed by atoms with van der Waals surface area (Å²) in [6.45, 7) is 4.07. The smallest absolute Gasteiger partial charge is 0.322 e. The lowest BCUT2D eigenvalue weighted by atomic mass is 9.87. The molecule has 9 nitrogen and oxygen atoms in total. The van der Waals surface area contributed by atoms with E-state index >= 15 is 0 Å². The SMILES string of the molecule is CC1CN(C(=O)CCC2(C3CC3)NC(=O)NC2=O)CCN1c1cccc(-c2cnccn2)c1. The number of anilines is 1. The number of rotatable bonds is 6. The van der Waals surface area contributed by atoms with E-state index in [0.717, 1.165) is 36.3 Å². The van der Waals surface area contributed by atoms with Crippen molar-refractivity contribution >= 4 is 23.5 Å². The van der Waals surface area contributed by atoms with Crippen LogP contribution in [0.3, 0.4) is 0 Å². The van der Waals surface area contributed by atoms with Gasteiger partial charge in [0.05, 0.1) is 11.9 Å². The molecule has 0 bridgehead atoms. The minimum Gasteiger partial charge on any atom is -0.365 e. The molecule has 2 saturated heterocycles. The Balaban J connectivity index is 1.22. The highest BCUT2D eigenvalue weighted by atomic mass is 16.2. The summed E-state index contributed by atoms with van der Waals surface area (Å²) in [4.78, 5) is 49.9. The van der Waals surface area contributed by atoms with Crippen LogP contribution in [0.2, 0.25) is 0 Å². The predicted molar refractivity (Wildman–Crippen MR) is 122 cm³/mol. The van der Waals surface area contributed by atoms with Gasteiger partial charge in [0, 0.05) is 55.7 Å². The zero-order valence-electron chi connectivity index (χ0n) is 18.7. The second kappa shape index (κ2) is 8.46. The number of hydrogen-bond acceptors (Lipinski definition) is 6. The van der Waals surface area contributed by atoms with Gasteiger partial charge in [0.2, 0.25) is 5.91 Å². The van der Waals surface area contributed by atoms with E-state index in [4.69, 9.17) is 0 Å². The van der Waals surface area contributed by atoms with Gasteiger partial charge in [0.15, 0.2) is 0 Å². The molecule has 33 heavy (non-hydrogen) atoms. The van der Waals surface area contributed by atoms with Crippen molar-refractivity contribution < 1.29 is 14.4 Å². The highest BCUT2D eigenvalue weighted by Gasteiger charge is 2.55.